The minimum Gasteiger partial charge on any atom is -0.508 e. The van der Waals surface area contributed by atoms with Crippen molar-refractivity contribution in [3.05, 3.63) is 29.6 Å². The number of carbonyl (C=O) groups is 1. The lowest BCUT2D eigenvalue weighted by Gasteiger charge is -2.03. The number of benzene rings is 1. The Kier molecular flexibility index (Phi) is 2.65. The van der Waals surface area contributed by atoms with E-state index in [1.165, 1.54) is 12.1 Å². The van der Waals surface area contributed by atoms with Gasteiger partial charge in [0.2, 0.25) is 5.95 Å². The molecule has 0 spiro atoms. The lowest BCUT2D eigenvalue weighted by Crippen LogP contribution is -2.13. The van der Waals surface area contributed by atoms with Crippen molar-refractivity contribution in [1.29, 1.82) is 0 Å². The molecule has 2 rings (SSSR count). The van der Waals surface area contributed by atoms with Crippen molar-refractivity contribution in [2.24, 2.45) is 0 Å². The monoisotopic (exact) mass is 234 g/mol. The predicted octanol–water partition coefficient (Wildman–Crippen LogP) is 0.777. The highest BCUT2D eigenvalue weighted by Gasteiger charge is 2.13. The van der Waals surface area contributed by atoms with Gasteiger partial charge in [-0.05, 0) is 25.1 Å². The van der Waals surface area contributed by atoms with Crippen LogP contribution in [-0.2, 0) is 0 Å². The van der Waals surface area contributed by atoms with Crippen LogP contribution in [0.4, 0.5) is 5.95 Å². The highest BCUT2D eigenvalue weighted by atomic mass is 16.3. The van der Waals surface area contributed by atoms with Crippen molar-refractivity contribution in [3.63, 3.8) is 0 Å². The molecule has 0 atom stereocenters. The van der Waals surface area contributed by atoms with Crippen LogP contribution in [0.2, 0.25) is 0 Å². The third-order valence-electron chi connectivity index (χ3n) is 2.05. The molecule has 88 valence electrons. The molecule has 0 saturated carbocycles. The highest BCUT2D eigenvalue weighted by Crippen LogP contribution is 2.22. The van der Waals surface area contributed by atoms with Crippen molar-refractivity contribution in [2.45, 2.75) is 6.92 Å². The number of phenols is 2. The summed E-state index contributed by atoms with van der Waals surface area (Å²) in [5.74, 6) is -0.278. The molecule has 1 heterocycles. The number of hydrogen-bond acceptors (Lipinski definition) is 5. The fourth-order valence-electron chi connectivity index (χ4n) is 1.27. The van der Waals surface area contributed by atoms with Crippen molar-refractivity contribution >= 4 is 11.9 Å². The summed E-state index contributed by atoms with van der Waals surface area (Å²) in [6.45, 7) is 1.69. The number of aryl methyl sites for hydroxylation is 1. The van der Waals surface area contributed by atoms with E-state index in [4.69, 9.17) is 0 Å². The number of rotatable bonds is 2. The molecular weight excluding hydrogens is 224 g/mol. The molecule has 0 aliphatic rings. The Bertz CT molecular complexity index is 564. The van der Waals surface area contributed by atoms with E-state index in [9.17, 15) is 15.0 Å². The first-order valence-corrected chi connectivity index (χ1v) is 4.78. The van der Waals surface area contributed by atoms with E-state index >= 15 is 0 Å². The Balaban J connectivity index is 2.22. The molecule has 0 unspecified atom stereocenters. The van der Waals surface area contributed by atoms with Crippen molar-refractivity contribution in [1.82, 2.24) is 15.2 Å². The van der Waals surface area contributed by atoms with Gasteiger partial charge in [-0.2, -0.15) is 4.98 Å². The molecule has 1 aromatic heterocycles. The number of carbonyl (C=O) groups excluding carboxylic acids is 1. The maximum atomic E-state index is 11.7. The first-order valence-electron chi connectivity index (χ1n) is 4.78. The Morgan fingerprint density at radius 2 is 2.18 bits per heavy atom. The highest BCUT2D eigenvalue weighted by molar-refractivity contribution is 6.05. The fraction of sp³-hybridized carbons (Fsp3) is 0.100. The molecule has 0 aliphatic carbocycles. The molecule has 0 bridgehead atoms. The summed E-state index contributed by atoms with van der Waals surface area (Å²) < 4.78 is 0. The average Bonchev–Trinajstić information content (AvgIpc) is 2.67. The summed E-state index contributed by atoms with van der Waals surface area (Å²) in [4.78, 5) is 15.6. The molecular formula is C10H10N4O3. The number of phenolic OH excluding ortho intramolecular Hbond substituents is 2. The van der Waals surface area contributed by atoms with E-state index in [2.05, 4.69) is 20.5 Å². The van der Waals surface area contributed by atoms with E-state index in [0.29, 0.717) is 5.82 Å². The molecule has 0 aliphatic heterocycles. The lowest BCUT2D eigenvalue weighted by molar-refractivity contribution is 0.102. The average molecular weight is 234 g/mol. The Hall–Kier alpha value is -2.57. The normalized spacial score (nSPS) is 10.2. The molecule has 2 aromatic rings. The Labute approximate surface area is 96.1 Å². The van der Waals surface area contributed by atoms with E-state index in [0.717, 1.165) is 6.07 Å². The number of aromatic hydroxyl groups is 2. The first-order chi connectivity index (χ1) is 8.06. The van der Waals surface area contributed by atoms with Crippen LogP contribution < -0.4 is 5.32 Å². The third kappa shape index (κ3) is 2.33. The van der Waals surface area contributed by atoms with Gasteiger partial charge in [-0.3, -0.25) is 15.2 Å². The zero-order valence-corrected chi connectivity index (χ0v) is 8.93. The van der Waals surface area contributed by atoms with Gasteiger partial charge < -0.3 is 10.2 Å². The molecule has 17 heavy (non-hydrogen) atoms. The number of nitrogens with zero attached hydrogens (tertiary/aromatic N) is 2. The third-order valence-corrected chi connectivity index (χ3v) is 2.05. The Morgan fingerprint density at radius 3 is 2.82 bits per heavy atom. The predicted molar refractivity (Wildman–Crippen MR) is 58.8 cm³/mol. The second-order valence-electron chi connectivity index (χ2n) is 3.40. The van der Waals surface area contributed by atoms with Crippen LogP contribution >= 0.6 is 0 Å². The Morgan fingerprint density at radius 1 is 1.41 bits per heavy atom. The summed E-state index contributed by atoms with van der Waals surface area (Å²) in [7, 11) is 0. The van der Waals surface area contributed by atoms with E-state index in [1.54, 1.807) is 6.92 Å². The summed E-state index contributed by atoms with van der Waals surface area (Å²) in [6, 6.07) is 3.67. The molecule has 1 aromatic carbocycles. The van der Waals surface area contributed by atoms with Crippen LogP contribution in [0.25, 0.3) is 0 Å². The second kappa shape index (κ2) is 4.12. The maximum absolute atomic E-state index is 11.7. The fourth-order valence-corrected chi connectivity index (χ4v) is 1.27. The van der Waals surface area contributed by atoms with Gasteiger partial charge in [0, 0.05) is 0 Å². The first kappa shape index (κ1) is 10.9. The van der Waals surface area contributed by atoms with Crippen LogP contribution in [0.3, 0.4) is 0 Å². The maximum Gasteiger partial charge on any atom is 0.261 e. The van der Waals surface area contributed by atoms with Gasteiger partial charge >= 0.3 is 0 Å². The number of nitrogens with one attached hydrogen (secondary N) is 2. The van der Waals surface area contributed by atoms with Gasteiger partial charge in [0.1, 0.15) is 17.3 Å². The van der Waals surface area contributed by atoms with Gasteiger partial charge in [-0.25, -0.2) is 0 Å². The van der Waals surface area contributed by atoms with Crippen LogP contribution in [0.5, 0.6) is 11.5 Å². The van der Waals surface area contributed by atoms with E-state index in [1.807, 2.05) is 0 Å². The minimum atomic E-state index is -0.600. The number of aromatic amines is 1. The standard InChI is InChI=1S/C10H10N4O3/c1-5-11-10(14-13-5)12-9(17)7-4-6(15)2-3-8(7)16/h2-4,15-16H,1H3,(H2,11,12,13,14,17). The van der Waals surface area contributed by atoms with Gasteiger partial charge in [0.15, 0.2) is 0 Å². The molecule has 7 nitrogen and oxygen atoms in total. The molecule has 1 amide bonds. The largest absolute Gasteiger partial charge is 0.508 e. The van der Waals surface area contributed by atoms with Crippen molar-refractivity contribution in [3.8, 4) is 11.5 Å². The molecule has 0 radical (unpaired) electrons. The zero-order valence-electron chi connectivity index (χ0n) is 8.93. The van der Waals surface area contributed by atoms with Crippen LogP contribution in [0.1, 0.15) is 16.2 Å². The number of anilines is 1. The number of hydrogen-bond donors (Lipinski definition) is 4. The van der Waals surface area contributed by atoms with E-state index in [-0.39, 0.29) is 23.0 Å². The van der Waals surface area contributed by atoms with Crippen molar-refractivity contribution < 1.29 is 15.0 Å². The molecule has 4 N–H and O–H groups in total. The van der Waals surface area contributed by atoms with Crippen molar-refractivity contribution in [2.75, 3.05) is 5.32 Å². The summed E-state index contributed by atoms with van der Waals surface area (Å²) in [5.41, 5.74) is -0.0487. The quantitative estimate of drug-likeness (QED) is 0.574. The zero-order chi connectivity index (χ0) is 12.4. The summed E-state index contributed by atoms with van der Waals surface area (Å²) in [6.07, 6.45) is 0. The second-order valence-corrected chi connectivity index (χ2v) is 3.40. The molecule has 0 saturated heterocycles. The van der Waals surface area contributed by atoms with Gasteiger partial charge in [-0.15, -0.1) is 5.10 Å². The number of H-pyrrole nitrogens is 1. The minimum absolute atomic E-state index is 0.0487. The van der Waals surface area contributed by atoms with Crippen LogP contribution in [0.15, 0.2) is 18.2 Å². The molecule has 0 fully saturated rings. The molecule has 7 heteroatoms. The van der Waals surface area contributed by atoms with Gasteiger partial charge in [-0.1, -0.05) is 0 Å². The summed E-state index contributed by atoms with van der Waals surface area (Å²) >= 11 is 0. The van der Waals surface area contributed by atoms with E-state index < -0.39 is 5.91 Å². The van der Waals surface area contributed by atoms with Crippen LogP contribution in [0, 0.1) is 6.92 Å². The summed E-state index contributed by atoms with van der Waals surface area (Å²) in [5, 5.41) is 27.4. The van der Waals surface area contributed by atoms with Crippen LogP contribution in [-0.4, -0.2) is 31.3 Å². The van der Waals surface area contributed by atoms with Gasteiger partial charge in [0.05, 0.1) is 5.56 Å². The SMILES string of the molecule is Cc1nc(NC(=O)c2cc(O)ccc2O)n[nH]1. The number of amides is 1. The topological polar surface area (TPSA) is 111 Å². The smallest absolute Gasteiger partial charge is 0.261 e. The number of aromatic nitrogens is 3. The van der Waals surface area contributed by atoms with Gasteiger partial charge in [0.25, 0.3) is 5.91 Å². The lowest BCUT2D eigenvalue weighted by atomic mass is 10.2.